The smallest absolute Gasteiger partial charge is 0.246 e. The van der Waals surface area contributed by atoms with Crippen LogP contribution in [-0.4, -0.2) is 53.3 Å². The maximum Gasteiger partial charge on any atom is 0.246 e. The molecule has 1 unspecified atom stereocenters. The predicted molar refractivity (Wildman–Crippen MR) is 150 cm³/mol. The molecule has 0 saturated carbocycles. The van der Waals surface area contributed by atoms with Crippen LogP contribution in [-0.2, 0) is 29.1 Å². The number of benzene rings is 3. The number of rotatable bonds is 16. The fraction of sp³-hybridized carbons (Fsp3) is 0.323. The maximum absolute atomic E-state index is 13.1. The monoisotopic (exact) mass is 533 g/mol. The fourth-order valence-corrected chi connectivity index (χ4v) is 4.56. The highest BCUT2D eigenvalue weighted by atomic mass is 19.1. The Bertz CT molecular complexity index is 1320. The first-order valence-corrected chi connectivity index (χ1v) is 13.3. The van der Waals surface area contributed by atoms with Gasteiger partial charge in [0.05, 0.1) is 19.8 Å². The number of ether oxygens (including phenoxy) is 2. The molecule has 0 aliphatic heterocycles. The number of hydrogen-bond acceptors (Lipinski definition) is 5. The largest absolute Gasteiger partial charge is 0.494 e. The summed E-state index contributed by atoms with van der Waals surface area (Å²) >= 11 is 0. The molecule has 0 radical (unpaired) electrons. The zero-order valence-electron chi connectivity index (χ0n) is 22.0. The van der Waals surface area contributed by atoms with E-state index in [0.29, 0.717) is 32.5 Å². The number of H-pyrrole nitrogens is 1. The van der Waals surface area contributed by atoms with E-state index in [0.717, 1.165) is 35.4 Å². The molecule has 3 aromatic carbocycles. The van der Waals surface area contributed by atoms with E-state index in [4.69, 9.17) is 15.2 Å². The molecule has 4 rings (SSSR count). The van der Waals surface area contributed by atoms with Gasteiger partial charge in [-0.2, -0.15) is 0 Å². The minimum atomic E-state index is -0.742. The minimum absolute atomic E-state index is 0.0916. The summed E-state index contributed by atoms with van der Waals surface area (Å²) in [6.07, 6.45) is 3.21. The van der Waals surface area contributed by atoms with Gasteiger partial charge in [-0.3, -0.25) is 9.69 Å². The van der Waals surface area contributed by atoms with Crippen molar-refractivity contribution in [1.82, 2.24) is 9.88 Å². The lowest BCUT2D eigenvalue weighted by Gasteiger charge is -2.21. The highest BCUT2D eigenvalue weighted by Gasteiger charge is 2.16. The third kappa shape index (κ3) is 8.64. The summed E-state index contributed by atoms with van der Waals surface area (Å²) in [6.45, 7) is 2.78. The normalized spacial score (nSPS) is 12.2. The molecular formula is C31H36FN3O4. The molecule has 0 bridgehead atoms. The quantitative estimate of drug-likeness (QED) is 0.183. The Morgan fingerprint density at radius 2 is 1.85 bits per heavy atom. The third-order valence-electron chi connectivity index (χ3n) is 6.65. The molecule has 0 saturated heterocycles. The number of carbonyl (C=O) groups excluding carboxylic acids is 1. The van der Waals surface area contributed by atoms with Gasteiger partial charge in [0.15, 0.2) is 0 Å². The molecule has 0 aliphatic rings. The van der Waals surface area contributed by atoms with Gasteiger partial charge in [0.25, 0.3) is 0 Å². The van der Waals surface area contributed by atoms with Crippen LogP contribution in [0.25, 0.3) is 10.9 Å². The van der Waals surface area contributed by atoms with Crippen molar-refractivity contribution in [1.29, 1.82) is 0 Å². The van der Waals surface area contributed by atoms with E-state index in [2.05, 4.69) is 34.3 Å². The van der Waals surface area contributed by atoms with Crippen LogP contribution in [0.2, 0.25) is 0 Å². The minimum Gasteiger partial charge on any atom is -0.494 e. The van der Waals surface area contributed by atoms with E-state index in [9.17, 15) is 14.3 Å². The summed E-state index contributed by atoms with van der Waals surface area (Å²) in [4.78, 5) is 17.4. The lowest BCUT2D eigenvalue weighted by molar-refractivity contribution is -0.130. The van der Waals surface area contributed by atoms with E-state index in [1.54, 1.807) is 12.1 Å². The fourth-order valence-electron chi connectivity index (χ4n) is 4.56. The number of aromatic amines is 1. The van der Waals surface area contributed by atoms with Gasteiger partial charge in [0, 0.05) is 36.7 Å². The molecule has 1 atom stereocenters. The first-order valence-electron chi connectivity index (χ1n) is 13.3. The Labute approximate surface area is 228 Å². The van der Waals surface area contributed by atoms with Gasteiger partial charge >= 0.3 is 0 Å². The first kappa shape index (κ1) is 28.3. The lowest BCUT2D eigenvalue weighted by Crippen LogP contribution is -2.31. The molecule has 1 amide bonds. The van der Waals surface area contributed by atoms with Crippen LogP contribution in [0.3, 0.4) is 0 Å². The summed E-state index contributed by atoms with van der Waals surface area (Å²) in [5, 5.41) is 10.8. The number of halogens is 1. The van der Waals surface area contributed by atoms with E-state index < -0.39 is 12.0 Å². The number of primary amides is 1. The van der Waals surface area contributed by atoms with E-state index in [-0.39, 0.29) is 19.0 Å². The molecule has 8 heteroatoms. The van der Waals surface area contributed by atoms with Gasteiger partial charge in [0.1, 0.15) is 17.7 Å². The van der Waals surface area contributed by atoms with Crippen molar-refractivity contribution in [2.24, 2.45) is 5.73 Å². The second kappa shape index (κ2) is 14.4. The second-order valence-corrected chi connectivity index (χ2v) is 9.58. The number of amides is 1. The van der Waals surface area contributed by atoms with Crippen molar-refractivity contribution in [3.63, 3.8) is 0 Å². The van der Waals surface area contributed by atoms with Crippen molar-refractivity contribution < 1.29 is 23.8 Å². The molecule has 1 aromatic heterocycles. The van der Waals surface area contributed by atoms with E-state index in [1.807, 2.05) is 30.3 Å². The van der Waals surface area contributed by atoms with Crippen LogP contribution >= 0.6 is 0 Å². The highest BCUT2D eigenvalue weighted by Crippen LogP contribution is 2.20. The summed E-state index contributed by atoms with van der Waals surface area (Å²) in [5.41, 5.74) is 9.77. The number of nitrogens with one attached hydrogen (secondary N) is 1. The molecule has 0 spiro atoms. The van der Waals surface area contributed by atoms with E-state index in [1.165, 1.54) is 23.1 Å². The zero-order chi connectivity index (χ0) is 27.5. The Kier molecular flexibility index (Phi) is 10.5. The molecule has 0 fully saturated rings. The Hall–Kier alpha value is -3.72. The molecule has 39 heavy (non-hydrogen) atoms. The number of aliphatic hydroxyl groups excluding tert-OH is 1. The number of para-hydroxylation sites is 1. The average Bonchev–Trinajstić information content (AvgIpc) is 3.35. The van der Waals surface area contributed by atoms with Gasteiger partial charge in [-0.25, -0.2) is 4.39 Å². The van der Waals surface area contributed by atoms with Gasteiger partial charge in [-0.05, 0) is 66.3 Å². The summed E-state index contributed by atoms with van der Waals surface area (Å²) in [6, 6.07) is 22.1. The van der Waals surface area contributed by atoms with Crippen LogP contribution in [0.4, 0.5) is 4.39 Å². The van der Waals surface area contributed by atoms with Crippen LogP contribution in [0, 0.1) is 5.82 Å². The molecule has 4 aromatic rings. The highest BCUT2D eigenvalue weighted by molar-refractivity contribution is 5.83. The maximum atomic E-state index is 13.1. The third-order valence-corrected chi connectivity index (χ3v) is 6.65. The lowest BCUT2D eigenvalue weighted by atomic mass is 10.1. The number of nitrogens with two attached hydrogens (primary N) is 1. The van der Waals surface area contributed by atoms with Crippen molar-refractivity contribution in [2.75, 3.05) is 26.3 Å². The zero-order valence-corrected chi connectivity index (χ0v) is 22.0. The standard InChI is InChI=1S/C31H36FN3O4/c32-26-12-10-23(11-13-26)22-39-30(31(33)37)9-4-18-38-27-6-3-5-24(19-27)21-35(16-17-36)15-14-25-20-34-29-8-2-1-7-28(25)29/h1-3,5-8,10-13,19-20,30,34,36H,4,9,14-18,21-22H2,(H2,33,37). The van der Waals surface area contributed by atoms with Crippen molar-refractivity contribution >= 4 is 16.8 Å². The second-order valence-electron chi connectivity index (χ2n) is 9.58. The van der Waals surface area contributed by atoms with Crippen molar-refractivity contribution in [2.45, 2.75) is 38.5 Å². The van der Waals surface area contributed by atoms with Crippen LogP contribution in [0.5, 0.6) is 5.75 Å². The first-order chi connectivity index (χ1) is 19.0. The Balaban J connectivity index is 1.24. The summed E-state index contributed by atoms with van der Waals surface area (Å²) in [5.74, 6) is -0.107. The Morgan fingerprint density at radius 3 is 2.64 bits per heavy atom. The molecular weight excluding hydrogens is 497 g/mol. The Morgan fingerprint density at radius 1 is 1.03 bits per heavy atom. The number of aromatic nitrogens is 1. The topological polar surface area (TPSA) is 101 Å². The van der Waals surface area contributed by atoms with Crippen molar-refractivity contribution in [3.05, 3.63) is 102 Å². The summed E-state index contributed by atoms with van der Waals surface area (Å²) < 4.78 is 24.7. The molecule has 0 aliphatic carbocycles. The predicted octanol–water partition coefficient (Wildman–Crippen LogP) is 4.57. The van der Waals surface area contributed by atoms with Crippen LogP contribution in [0.15, 0.2) is 79.0 Å². The molecule has 1 heterocycles. The number of fused-ring (bicyclic) bond motifs is 1. The van der Waals surface area contributed by atoms with Crippen LogP contribution < -0.4 is 10.5 Å². The van der Waals surface area contributed by atoms with Gasteiger partial charge in [-0.1, -0.05) is 42.5 Å². The molecule has 206 valence electrons. The number of aliphatic hydroxyl groups is 1. The van der Waals surface area contributed by atoms with Gasteiger partial charge in [0.2, 0.25) is 5.91 Å². The number of nitrogens with zero attached hydrogens (tertiary/aromatic N) is 1. The molecule has 4 N–H and O–H groups in total. The van der Waals surface area contributed by atoms with E-state index >= 15 is 0 Å². The van der Waals surface area contributed by atoms with Crippen LogP contribution in [0.1, 0.15) is 29.5 Å². The molecule has 7 nitrogen and oxygen atoms in total. The SMILES string of the molecule is NC(=O)C(CCCOc1cccc(CN(CCO)CCc2c[nH]c3ccccc23)c1)OCc1ccc(F)cc1. The number of carbonyl (C=O) groups is 1. The summed E-state index contributed by atoms with van der Waals surface area (Å²) in [7, 11) is 0. The van der Waals surface area contributed by atoms with Crippen molar-refractivity contribution in [3.8, 4) is 5.75 Å². The van der Waals surface area contributed by atoms with Gasteiger partial charge in [-0.15, -0.1) is 0 Å². The number of hydrogen-bond donors (Lipinski definition) is 3. The average molecular weight is 534 g/mol. The van der Waals surface area contributed by atoms with Gasteiger partial charge < -0.3 is 25.3 Å².